The van der Waals surface area contributed by atoms with E-state index in [4.69, 9.17) is 0 Å². The number of nitrogens with zero attached hydrogens (tertiary/aromatic N) is 4. The van der Waals surface area contributed by atoms with E-state index in [-0.39, 0.29) is 11.8 Å². The number of hydrogen-bond donors (Lipinski definition) is 0. The first-order valence-corrected chi connectivity index (χ1v) is 10.4. The summed E-state index contributed by atoms with van der Waals surface area (Å²) in [5.74, 6) is 0.597. The summed E-state index contributed by atoms with van der Waals surface area (Å²) in [6, 6.07) is 1.96. The van der Waals surface area contributed by atoms with Gasteiger partial charge < -0.3 is 9.80 Å². The molecule has 140 valence electrons. The van der Waals surface area contributed by atoms with Crippen LogP contribution in [0.1, 0.15) is 47.5 Å². The highest BCUT2D eigenvalue weighted by Crippen LogP contribution is 2.29. The highest BCUT2D eigenvalue weighted by molar-refractivity contribution is 7.20. The van der Waals surface area contributed by atoms with Gasteiger partial charge in [0, 0.05) is 44.5 Å². The van der Waals surface area contributed by atoms with Crippen LogP contribution in [0.2, 0.25) is 0 Å². The van der Waals surface area contributed by atoms with Gasteiger partial charge in [-0.05, 0) is 25.8 Å². The second-order valence-corrected chi connectivity index (χ2v) is 8.52. The van der Waals surface area contributed by atoms with Crippen molar-refractivity contribution in [1.82, 2.24) is 19.6 Å². The Hall–Kier alpha value is -1.89. The summed E-state index contributed by atoms with van der Waals surface area (Å²) in [5, 5.41) is 5.46. The monoisotopic (exact) mass is 374 g/mol. The molecule has 0 radical (unpaired) electrons. The molecule has 1 saturated carbocycles. The zero-order valence-corrected chi connectivity index (χ0v) is 16.3. The van der Waals surface area contributed by atoms with Crippen LogP contribution in [0, 0.1) is 12.8 Å². The van der Waals surface area contributed by atoms with Gasteiger partial charge in [-0.3, -0.25) is 14.3 Å². The lowest BCUT2D eigenvalue weighted by Gasteiger charge is -2.37. The molecule has 26 heavy (non-hydrogen) atoms. The second-order valence-electron chi connectivity index (χ2n) is 7.49. The predicted molar refractivity (Wildman–Crippen MR) is 102 cm³/mol. The summed E-state index contributed by atoms with van der Waals surface area (Å²) < 4.78 is 1.84. The SMILES string of the molecule is Cc1nn(C)c2sc(C(=O)N3CCN(C(=O)C4CCCCC4)CC3)cc12. The summed E-state index contributed by atoms with van der Waals surface area (Å²) >= 11 is 1.51. The second kappa shape index (κ2) is 7.02. The molecular weight excluding hydrogens is 348 g/mol. The first kappa shape index (κ1) is 17.5. The molecule has 3 heterocycles. The number of piperazine rings is 1. The molecule has 2 aromatic rings. The number of rotatable bonds is 2. The van der Waals surface area contributed by atoms with Crippen LogP contribution >= 0.6 is 11.3 Å². The van der Waals surface area contributed by atoms with Gasteiger partial charge in [0.25, 0.3) is 5.91 Å². The Labute approximate surface area is 157 Å². The quantitative estimate of drug-likeness (QED) is 0.812. The van der Waals surface area contributed by atoms with Gasteiger partial charge >= 0.3 is 0 Å². The molecule has 0 N–H and O–H groups in total. The van der Waals surface area contributed by atoms with Crippen molar-refractivity contribution in [3.05, 3.63) is 16.6 Å². The minimum Gasteiger partial charge on any atom is -0.339 e. The molecular formula is C19H26N4O2S. The van der Waals surface area contributed by atoms with Crippen LogP contribution in [0.3, 0.4) is 0 Å². The van der Waals surface area contributed by atoms with Gasteiger partial charge in [0.2, 0.25) is 5.91 Å². The smallest absolute Gasteiger partial charge is 0.264 e. The van der Waals surface area contributed by atoms with E-state index in [1.54, 1.807) is 0 Å². The summed E-state index contributed by atoms with van der Waals surface area (Å²) in [6.45, 7) is 4.55. The lowest BCUT2D eigenvalue weighted by Crippen LogP contribution is -2.52. The number of carbonyl (C=O) groups is 2. The van der Waals surface area contributed by atoms with Gasteiger partial charge in [-0.25, -0.2) is 0 Å². The van der Waals surface area contributed by atoms with E-state index in [1.807, 2.05) is 34.5 Å². The Kier molecular flexibility index (Phi) is 4.73. The van der Waals surface area contributed by atoms with Crippen molar-refractivity contribution in [3.8, 4) is 0 Å². The van der Waals surface area contributed by atoms with Crippen molar-refractivity contribution in [2.45, 2.75) is 39.0 Å². The first-order chi connectivity index (χ1) is 12.5. The largest absolute Gasteiger partial charge is 0.339 e. The highest BCUT2D eigenvalue weighted by Gasteiger charge is 2.30. The molecule has 0 aromatic carbocycles. The Bertz CT molecular complexity index is 792. The molecule has 2 fully saturated rings. The molecule has 2 aliphatic rings. The number of aryl methyl sites for hydroxylation is 2. The number of hydrogen-bond acceptors (Lipinski definition) is 4. The summed E-state index contributed by atoms with van der Waals surface area (Å²) in [6.07, 6.45) is 5.68. The van der Waals surface area contributed by atoms with Crippen LogP contribution in [-0.4, -0.2) is 57.6 Å². The summed E-state index contributed by atoms with van der Waals surface area (Å²) in [7, 11) is 1.91. The van der Waals surface area contributed by atoms with E-state index in [0.29, 0.717) is 32.1 Å². The third kappa shape index (κ3) is 3.13. The minimum absolute atomic E-state index is 0.0790. The van der Waals surface area contributed by atoms with Crippen LogP contribution in [0.15, 0.2) is 6.07 Å². The van der Waals surface area contributed by atoms with Crippen molar-refractivity contribution < 1.29 is 9.59 Å². The number of aromatic nitrogens is 2. The van der Waals surface area contributed by atoms with Crippen LogP contribution in [0.4, 0.5) is 0 Å². The van der Waals surface area contributed by atoms with Crippen molar-refractivity contribution in [3.63, 3.8) is 0 Å². The Morgan fingerprint density at radius 1 is 1.08 bits per heavy atom. The fourth-order valence-corrected chi connectivity index (χ4v) is 5.30. The van der Waals surface area contributed by atoms with Gasteiger partial charge in [0.1, 0.15) is 4.83 Å². The van der Waals surface area contributed by atoms with E-state index in [0.717, 1.165) is 33.6 Å². The van der Waals surface area contributed by atoms with Crippen LogP contribution in [-0.2, 0) is 11.8 Å². The van der Waals surface area contributed by atoms with Gasteiger partial charge in [-0.1, -0.05) is 19.3 Å². The van der Waals surface area contributed by atoms with Gasteiger partial charge in [0.15, 0.2) is 0 Å². The molecule has 7 heteroatoms. The highest BCUT2D eigenvalue weighted by atomic mass is 32.1. The molecule has 1 saturated heterocycles. The van der Waals surface area contributed by atoms with E-state index >= 15 is 0 Å². The van der Waals surface area contributed by atoms with E-state index < -0.39 is 0 Å². The lowest BCUT2D eigenvalue weighted by atomic mass is 9.88. The molecule has 4 rings (SSSR count). The van der Waals surface area contributed by atoms with Crippen molar-refractivity contribution in [2.24, 2.45) is 13.0 Å². The minimum atomic E-state index is 0.0790. The van der Waals surface area contributed by atoms with Crippen LogP contribution in [0.25, 0.3) is 10.2 Å². The van der Waals surface area contributed by atoms with Gasteiger partial charge in [-0.2, -0.15) is 5.10 Å². The van der Waals surface area contributed by atoms with Crippen LogP contribution < -0.4 is 0 Å². The van der Waals surface area contributed by atoms with E-state index in [9.17, 15) is 9.59 Å². The molecule has 1 aliphatic heterocycles. The topological polar surface area (TPSA) is 58.4 Å². The van der Waals surface area contributed by atoms with Crippen LogP contribution in [0.5, 0.6) is 0 Å². The Morgan fingerprint density at radius 2 is 1.73 bits per heavy atom. The molecule has 0 bridgehead atoms. The maximum Gasteiger partial charge on any atom is 0.264 e. The summed E-state index contributed by atoms with van der Waals surface area (Å²) in [4.78, 5) is 31.2. The van der Waals surface area contributed by atoms with Gasteiger partial charge in [0.05, 0.1) is 10.6 Å². The average molecular weight is 375 g/mol. The number of thiophene rings is 1. The Balaban J connectivity index is 1.39. The Morgan fingerprint density at radius 3 is 2.38 bits per heavy atom. The molecule has 2 amide bonds. The molecule has 6 nitrogen and oxygen atoms in total. The van der Waals surface area contributed by atoms with Crippen molar-refractivity contribution >= 4 is 33.4 Å². The molecule has 0 unspecified atom stereocenters. The van der Waals surface area contributed by atoms with E-state index in [2.05, 4.69) is 5.10 Å². The zero-order valence-electron chi connectivity index (χ0n) is 15.5. The maximum absolute atomic E-state index is 12.9. The molecule has 0 atom stereocenters. The molecule has 0 spiro atoms. The fourth-order valence-electron chi connectivity index (χ4n) is 4.20. The normalized spacial score (nSPS) is 19.3. The maximum atomic E-state index is 12.9. The third-order valence-corrected chi connectivity index (χ3v) is 6.93. The predicted octanol–water partition coefficient (Wildman–Crippen LogP) is 2.81. The van der Waals surface area contributed by atoms with Gasteiger partial charge in [-0.15, -0.1) is 11.3 Å². The number of fused-ring (bicyclic) bond motifs is 1. The molecule has 2 aromatic heterocycles. The summed E-state index contributed by atoms with van der Waals surface area (Å²) in [5.41, 5.74) is 0.959. The fraction of sp³-hybridized carbons (Fsp3) is 0.632. The molecule has 1 aliphatic carbocycles. The standard InChI is InChI=1S/C19H26N4O2S/c1-13-15-12-16(26-19(15)21(2)20-13)18(25)23-10-8-22(9-11-23)17(24)14-6-4-3-5-7-14/h12,14H,3-11H2,1-2H3. The average Bonchev–Trinajstić information content (AvgIpc) is 3.23. The number of carbonyl (C=O) groups excluding carboxylic acids is 2. The van der Waals surface area contributed by atoms with E-state index in [1.165, 1.54) is 30.6 Å². The lowest BCUT2D eigenvalue weighted by molar-refractivity contribution is -0.138. The number of amides is 2. The zero-order chi connectivity index (χ0) is 18.3. The van der Waals surface area contributed by atoms with Crippen molar-refractivity contribution in [1.29, 1.82) is 0 Å². The van der Waals surface area contributed by atoms with Crippen molar-refractivity contribution in [2.75, 3.05) is 26.2 Å². The third-order valence-electron chi connectivity index (χ3n) is 5.74. The first-order valence-electron chi connectivity index (χ1n) is 9.56.